The first-order valence-electron chi connectivity index (χ1n) is 7.08. The van der Waals surface area contributed by atoms with Crippen molar-refractivity contribution in [1.82, 2.24) is 0 Å². The van der Waals surface area contributed by atoms with Crippen molar-refractivity contribution in [1.29, 1.82) is 0 Å². The zero-order valence-corrected chi connectivity index (χ0v) is 12.7. The van der Waals surface area contributed by atoms with E-state index in [1.807, 2.05) is 13.0 Å². The Morgan fingerprint density at radius 2 is 1.74 bits per heavy atom. The standard InChI is InChI=1S/C15H24O3S/c1-3-5-6-10-13-15(4-2)19(16,17)18-14-11-8-7-9-12-14/h7-9,11-12,15H,3-6,10,13H2,1-2H3. The molecule has 0 aromatic heterocycles. The van der Waals surface area contributed by atoms with E-state index in [0.29, 0.717) is 18.6 Å². The summed E-state index contributed by atoms with van der Waals surface area (Å²) in [6.07, 6.45) is 5.64. The van der Waals surface area contributed by atoms with Crippen LogP contribution in [0.4, 0.5) is 0 Å². The van der Waals surface area contributed by atoms with Crippen LogP contribution in [0.5, 0.6) is 5.75 Å². The molecular weight excluding hydrogens is 260 g/mol. The summed E-state index contributed by atoms with van der Waals surface area (Å²) in [5.74, 6) is 0.398. The fraction of sp³-hybridized carbons (Fsp3) is 0.600. The van der Waals surface area contributed by atoms with Crippen LogP contribution in [-0.4, -0.2) is 13.7 Å². The highest BCUT2D eigenvalue weighted by molar-refractivity contribution is 7.87. The quantitative estimate of drug-likeness (QED) is 0.505. The van der Waals surface area contributed by atoms with Crippen molar-refractivity contribution in [3.63, 3.8) is 0 Å². The molecule has 0 aliphatic heterocycles. The van der Waals surface area contributed by atoms with Crippen LogP contribution in [0.15, 0.2) is 30.3 Å². The van der Waals surface area contributed by atoms with Crippen LogP contribution >= 0.6 is 0 Å². The Bertz CT molecular complexity index is 440. The predicted octanol–water partition coefficient (Wildman–Crippen LogP) is 4.14. The molecule has 1 atom stereocenters. The summed E-state index contributed by atoms with van der Waals surface area (Å²) in [6.45, 7) is 4.04. The number of para-hydroxylation sites is 1. The molecule has 0 bridgehead atoms. The van der Waals surface area contributed by atoms with E-state index in [1.165, 1.54) is 0 Å². The van der Waals surface area contributed by atoms with E-state index in [0.717, 1.165) is 25.7 Å². The third-order valence-corrected chi connectivity index (χ3v) is 5.01. The normalized spacial score (nSPS) is 13.2. The Morgan fingerprint density at radius 3 is 2.32 bits per heavy atom. The molecule has 1 aromatic carbocycles. The fourth-order valence-corrected chi connectivity index (χ4v) is 3.41. The molecule has 1 aromatic rings. The van der Waals surface area contributed by atoms with Crippen LogP contribution in [0.1, 0.15) is 52.4 Å². The molecule has 3 nitrogen and oxygen atoms in total. The maximum absolute atomic E-state index is 12.2. The van der Waals surface area contributed by atoms with E-state index in [9.17, 15) is 8.42 Å². The van der Waals surface area contributed by atoms with E-state index in [-0.39, 0.29) is 0 Å². The Morgan fingerprint density at radius 1 is 1.05 bits per heavy atom. The summed E-state index contributed by atoms with van der Waals surface area (Å²) in [4.78, 5) is 0. The zero-order chi connectivity index (χ0) is 14.1. The van der Waals surface area contributed by atoms with Gasteiger partial charge in [0.05, 0.1) is 5.25 Å². The van der Waals surface area contributed by atoms with Crippen LogP contribution in [0.2, 0.25) is 0 Å². The number of unbranched alkanes of at least 4 members (excludes halogenated alkanes) is 3. The SMILES string of the molecule is CCCCCCC(CC)S(=O)(=O)Oc1ccccc1. The Kier molecular flexibility index (Phi) is 6.92. The first-order valence-corrected chi connectivity index (χ1v) is 8.55. The Hall–Kier alpha value is -1.03. The minimum absolute atomic E-state index is 0.398. The highest BCUT2D eigenvalue weighted by Crippen LogP contribution is 2.20. The third-order valence-electron chi connectivity index (χ3n) is 3.20. The van der Waals surface area contributed by atoms with E-state index in [2.05, 4.69) is 6.92 Å². The van der Waals surface area contributed by atoms with Crippen molar-refractivity contribution in [2.24, 2.45) is 0 Å². The maximum Gasteiger partial charge on any atom is 0.312 e. The molecular formula is C15H24O3S. The zero-order valence-electron chi connectivity index (χ0n) is 11.8. The molecule has 0 fully saturated rings. The molecule has 4 heteroatoms. The first-order chi connectivity index (χ1) is 9.10. The lowest BCUT2D eigenvalue weighted by molar-refractivity contribution is 0.457. The molecule has 0 radical (unpaired) electrons. The van der Waals surface area contributed by atoms with Crippen molar-refractivity contribution < 1.29 is 12.6 Å². The van der Waals surface area contributed by atoms with Crippen molar-refractivity contribution >= 4 is 10.1 Å². The summed E-state index contributed by atoms with van der Waals surface area (Å²) in [5.41, 5.74) is 0. The van der Waals surface area contributed by atoms with Crippen molar-refractivity contribution in [2.75, 3.05) is 0 Å². The van der Waals surface area contributed by atoms with Crippen LogP contribution in [0.3, 0.4) is 0 Å². The Balaban J connectivity index is 2.57. The Labute approximate surface area is 117 Å². The van der Waals surface area contributed by atoms with E-state index >= 15 is 0 Å². The molecule has 0 saturated heterocycles. The van der Waals surface area contributed by atoms with Gasteiger partial charge in [-0.2, -0.15) is 8.42 Å². The highest BCUT2D eigenvalue weighted by Gasteiger charge is 2.25. The topological polar surface area (TPSA) is 43.4 Å². The van der Waals surface area contributed by atoms with Crippen LogP contribution < -0.4 is 4.18 Å². The summed E-state index contributed by atoms with van der Waals surface area (Å²) in [6, 6.07) is 8.71. The second-order valence-corrected chi connectivity index (χ2v) is 6.59. The number of benzene rings is 1. The first kappa shape index (κ1) is 16.0. The highest BCUT2D eigenvalue weighted by atomic mass is 32.2. The molecule has 0 N–H and O–H groups in total. The lowest BCUT2D eigenvalue weighted by atomic mass is 10.1. The minimum Gasteiger partial charge on any atom is -0.382 e. The van der Waals surface area contributed by atoms with Gasteiger partial charge < -0.3 is 4.18 Å². The molecule has 1 rings (SSSR count). The number of rotatable bonds is 9. The second kappa shape index (κ2) is 8.20. The summed E-state index contributed by atoms with van der Waals surface area (Å²) in [5, 5.41) is -0.399. The van der Waals surface area contributed by atoms with Gasteiger partial charge in [0, 0.05) is 0 Å². The second-order valence-electron chi connectivity index (χ2n) is 4.77. The molecule has 1 unspecified atom stereocenters. The van der Waals surface area contributed by atoms with Gasteiger partial charge in [-0.25, -0.2) is 0 Å². The van der Waals surface area contributed by atoms with Gasteiger partial charge >= 0.3 is 10.1 Å². The van der Waals surface area contributed by atoms with Gasteiger partial charge in [0.25, 0.3) is 0 Å². The lowest BCUT2D eigenvalue weighted by Gasteiger charge is -2.16. The van der Waals surface area contributed by atoms with Crippen LogP contribution in [0.25, 0.3) is 0 Å². The third kappa shape index (κ3) is 5.64. The molecule has 0 heterocycles. The summed E-state index contributed by atoms with van der Waals surface area (Å²) >= 11 is 0. The largest absolute Gasteiger partial charge is 0.382 e. The predicted molar refractivity (Wildman–Crippen MR) is 78.8 cm³/mol. The number of hydrogen-bond acceptors (Lipinski definition) is 3. The smallest absolute Gasteiger partial charge is 0.312 e. The summed E-state index contributed by atoms with van der Waals surface area (Å²) in [7, 11) is -3.51. The van der Waals surface area contributed by atoms with Crippen LogP contribution in [-0.2, 0) is 10.1 Å². The molecule has 0 aliphatic rings. The van der Waals surface area contributed by atoms with Gasteiger partial charge in [-0.15, -0.1) is 0 Å². The van der Waals surface area contributed by atoms with Crippen molar-refractivity contribution in [3.05, 3.63) is 30.3 Å². The average Bonchev–Trinajstić information content (AvgIpc) is 2.39. The van der Waals surface area contributed by atoms with Gasteiger partial charge in [0.15, 0.2) is 0 Å². The van der Waals surface area contributed by atoms with Gasteiger partial charge in [0.2, 0.25) is 0 Å². The van der Waals surface area contributed by atoms with Gasteiger partial charge in [-0.1, -0.05) is 57.7 Å². The molecule has 0 amide bonds. The van der Waals surface area contributed by atoms with Crippen molar-refractivity contribution in [2.45, 2.75) is 57.6 Å². The molecule has 19 heavy (non-hydrogen) atoms. The fourth-order valence-electron chi connectivity index (χ4n) is 2.03. The van der Waals surface area contributed by atoms with E-state index < -0.39 is 15.4 Å². The van der Waals surface area contributed by atoms with E-state index in [4.69, 9.17) is 4.18 Å². The molecule has 0 aliphatic carbocycles. The minimum atomic E-state index is -3.51. The monoisotopic (exact) mass is 284 g/mol. The molecule has 108 valence electrons. The van der Waals surface area contributed by atoms with Gasteiger partial charge in [-0.05, 0) is 25.0 Å². The average molecular weight is 284 g/mol. The number of hydrogen-bond donors (Lipinski definition) is 0. The van der Waals surface area contributed by atoms with Gasteiger partial charge in [0.1, 0.15) is 5.75 Å². The lowest BCUT2D eigenvalue weighted by Crippen LogP contribution is -2.25. The van der Waals surface area contributed by atoms with E-state index in [1.54, 1.807) is 24.3 Å². The van der Waals surface area contributed by atoms with Gasteiger partial charge in [-0.3, -0.25) is 0 Å². The molecule has 0 saturated carbocycles. The van der Waals surface area contributed by atoms with Crippen LogP contribution in [0, 0.1) is 0 Å². The van der Waals surface area contributed by atoms with Crippen molar-refractivity contribution in [3.8, 4) is 5.75 Å². The molecule has 0 spiro atoms. The maximum atomic E-state index is 12.2. The summed E-state index contributed by atoms with van der Waals surface area (Å²) < 4.78 is 29.5.